The molecule has 0 saturated carbocycles. The molecule has 0 atom stereocenters. The highest BCUT2D eigenvalue weighted by Gasteiger charge is 2.14. The number of benzene rings is 2. The van der Waals surface area contributed by atoms with Crippen molar-refractivity contribution >= 4 is 20.7 Å². The van der Waals surface area contributed by atoms with Gasteiger partial charge in [0.25, 0.3) is 0 Å². The Morgan fingerprint density at radius 3 is 2.29 bits per heavy atom. The molecular formula is C17H15NO2S. The normalized spacial score (nSPS) is 11.6. The first-order valence-electron chi connectivity index (χ1n) is 6.71. The Hall–Kier alpha value is -2.20. The fraction of sp³-hybridized carbons (Fsp3) is 0.118. The Labute approximate surface area is 124 Å². The number of pyridine rings is 1. The standard InChI is InChI=1S/C17H15NO2S/c19-21(20,12-14-6-2-1-3-7-14)13-16-11-10-15-8-4-5-9-17(15)18-16/h1-11H,12-13H2. The summed E-state index contributed by atoms with van der Waals surface area (Å²) in [4.78, 5) is 4.42. The van der Waals surface area contributed by atoms with Crippen molar-refractivity contribution in [2.75, 3.05) is 0 Å². The predicted molar refractivity (Wildman–Crippen MR) is 84.5 cm³/mol. The lowest BCUT2D eigenvalue weighted by Gasteiger charge is -2.05. The van der Waals surface area contributed by atoms with E-state index in [1.54, 1.807) is 6.07 Å². The minimum absolute atomic E-state index is 0.0350. The molecule has 0 aliphatic carbocycles. The van der Waals surface area contributed by atoms with Crippen molar-refractivity contribution in [3.8, 4) is 0 Å². The summed E-state index contributed by atoms with van der Waals surface area (Å²) in [5.74, 6) is 0.00900. The number of nitrogens with zero attached hydrogens (tertiary/aromatic N) is 1. The highest BCUT2D eigenvalue weighted by Crippen LogP contribution is 2.15. The first-order valence-corrected chi connectivity index (χ1v) is 8.54. The minimum atomic E-state index is -3.22. The van der Waals surface area contributed by atoms with Gasteiger partial charge in [-0.15, -0.1) is 0 Å². The van der Waals surface area contributed by atoms with Gasteiger partial charge in [-0.25, -0.2) is 8.42 Å². The Kier molecular flexibility index (Phi) is 3.71. The van der Waals surface area contributed by atoms with Crippen molar-refractivity contribution in [1.82, 2.24) is 4.98 Å². The molecule has 0 unspecified atom stereocenters. The summed E-state index contributed by atoms with van der Waals surface area (Å²) in [6.07, 6.45) is 0. The van der Waals surface area contributed by atoms with E-state index in [1.807, 2.05) is 60.7 Å². The Morgan fingerprint density at radius 2 is 1.48 bits per heavy atom. The van der Waals surface area contributed by atoms with Gasteiger partial charge in [-0.2, -0.15) is 0 Å². The molecule has 3 nitrogen and oxygen atoms in total. The average Bonchev–Trinajstić information content (AvgIpc) is 2.47. The molecule has 2 aromatic carbocycles. The lowest BCUT2D eigenvalue weighted by Crippen LogP contribution is -2.08. The van der Waals surface area contributed by atoms with E-state index in [2.05, 4.69) is 4.98 Å². The summed E-state index contributed by atoms with van der Waals surface area (Å²) >= 11 is 0. The summed E-state index contributed by atoms with van der Waals surface area (Å²) < 4.78 is 24.5. The van der Waals surface area contributed by atoms with Crippen LogP contribution in [0.3, 0.4) is 0 Å². The van der Waals surface area contributed by atoms with Crippen molar-refractivity contribution in [3.05, 3.63) is 78.0 Å². The molecule has 0 aliphatic rings. The number of sulfone groups is 1. The lowest BCUT2D eigenvalue weighted by molar-refractivity contribution is 0.594. The summed E-state index contributed by atoms with van der Waals surface area (Å²) in [5.41, 5.74) is 2.22. The van der Waals surface area contributed by atoms with Gasteiger partial charge >= 0.3 is 0 Å². The molecule has 106 valence electrons. The topological polar surface area (TPSA) is 47.0 Å². The van der Waals surface area contributed by atoms with Crippen LogP contribution in [-0.2, 0) is 21.3 Å². The van der Waals surface area contributed by atoms with Crippen molar-refractivity contribution in [2.24, 2.45) is 0 Å². The summed E-state index contributed by atoms with van der Waals surface area (Å²) in [5, 5.41) is 1.02. The van der Waals surface area contributed by atoms with Crippen LogP contribution in [0, 0.1) is 0 Å². The van der Waals surface area contributed by atoms with Crippen LogP contribution in [0.2, 0.25) is 0 Å². The predicted octanol–water partition coefficient (Wildman–Crippen LogP) is 3.35. The number of fused-ring (bicyclic) bond motifs is 1. The zero-order valence-electron chi connectivity index (χ0n) is 11.4. The number of para-hydroxylation sites is 1. The number of aromatic nitrogens is 1. The van der Waals surface area contributed by atoms with Crippen molar-refractivity contribution in [2.45, 2.75) is 11.5 Å². The Balaban J connectivity index is 1.83. The van der Waals surface area contributed by atoms with E-state index >= 15 is 0 Å². The first-order chi connectivity index (χ1) is 10.1. The largest absolute Gasteiger partial charge is 0.252 e. The molecular weight excluding hydrogens is 282 g/mol. The Bertz CT molecular complexity index is 858. The van der Waals surface area contributed by atoms with Gasteiger partial charge in [0, 0.05) is 5.39 Å². The Morgan fingerprint density at radius 1 is 0.762 bits per heavy atom. The third-order valence-electron chi connectivity index (χ3n) is 3.25. The third kappa shape index (κ3) is 3.47. The van der Waals surface area contributed by atoms with Gasteiger partial charge in [0.1, 0.15) is 0 Å². The third-order valence-corrected chi connectivity index (χ3v) is 4.76. The van der Waals surface area contributed by atoms with Crippen LogP contribution in [-0.4, -0.2) is 13.4 Å². The van der Waals surface area contributed by atoms with Crippen LogP contribution in [0.5, 0.6) is 0 Å². The van der Waals surface area contributed by atoms with E-state index in [0.717, 1.165) is 16.5 Å². The van der Waals surface area contributed by atoms with Gasteiger partial charge < -0.3 is 0 Å². The smallest absolute Gasteiger partial charge is 0.160 e. The van der Waals surface area contributed by atoms with E-state index in [1.165, 1.54) is 0 Å². The monoisotopic (exact) mass is 297 g/mol. The van der Waals surface area contributed by atoms with Crippen molar-refractivity contribution < 1.29 is 8.42 Å². The molecule has 3 rings (SSSR count). The average molecular weight is 297 g/mol. The second-order valence-electron chi connectivity index (χ2n) is 5.01. The van der Waals surface area contributed by atoms with E-state index < -0.39 is 9.84 Å². The van der Waals surface area contributed by atoms with E-state index in [-0.39, 0.29) is 11.5 Å². The van der Waals surface area contributed by atoms with Crippen molar-refractivity contribution in [1.29, 1.82) is 0 Å². The molecule has 0 bridgehead atoms. The summed E-state index contributed by atoms with van der Waals surface area (Å²) in [6, 6.07) is 20.6. The molecule has 0 amide bonds. The van der Waals surface area contributed by atoms with Crippen LogP contribution in [0.15, 0.2) is 66.7 Å². The van der Waals surface area contributed by atoms with Gasteiger partial charge in [0.2, 0.25) is 0 Å². The molecule has 0 N–H and O–H groups in total. The number of rotatable bonds is 4. The van der Waals surface area contributed by atoms with E-state index in [4.69, 9.17) is 0 Å². The van der Waals surface area contributed by atoms with Gasteiger partial charge in [-0.1, -0.05) is 54.6 Å². The molecule has 1 heterocycles. The first kappa shape index (κ1) is 13.8. The van der Waals surface area contributed by atoms with Crippen LogP contribution in [0.1, 0.15) is 11.3 Å². The van der Waals surface area contributed by atoms with Gasteiger partial charge in [0.15, 0.2) is 9.84 Å². The van der Waals surface area contributed by atoms with Gasteiger partial charge in [-0.05, 0) is 17.7 Å². The molecule has 0 radical (unpaired) electrons. The molecule has 0 saturated heterocycles. The quantitative estimate of drug-likeness (QED) is 0.742. The molecule has 3 aromatic rings. The van der Waals surface area contributed by atoms with Crippen LogP contribution < -0.4 is 0 Å². The number of hydrogen-bond donors (Lipinski definition) is 0. The lowest BCUT2D eigenvalue weighted by atomic mass is 10.2. The fourth-order valence-electron chi connectivity index (χ4n) is 2.29. The molecule has 21 heavy (non-hydrogen) atoms. The summed E-state index contributed by atoms with van der Waals surface area (Å²) in [7, 11) is -3.22. The zero-order valence-corrected chi connectivity index (χ0v) is 12.3. The molecule has 0 fully saturated rings. The fourth-order valence-corrected chi connectivity index (χ4v) is 3.71. The second kappa shape index (κ2) is 5.66. The maximum absolute atomic E-state index is 12.3. The molecule has 4 heteroatoms. The van der Waals surface area contributed by atoms with Crippen LogP contribution in [0.25, 0.3) is 10.9 Å². The maximum atomic E-state index is 12.3. The van der Waals surface area contributed by atoms with Crippen LogP contribution >= 0.6 is 0 Å². The minimum Gasteiger partial charge on any atom is -0.252 e. The van der Waals surface area contributed by atoms with E-state index in [9.17, 15) is 8.42 Å². The van der Waals surface area contributed by atoms with E-state index in [0.29, 0.717) is 5.69 Å². The molecule has 1 aromatic heterocycles. The second-order valence-corrected chi connectivity index (χ2v) is 7.08. The number of hydrogen-bond acceptors (Lipinski definition) is 3. The molecule has 0 aliphatic heterocycles. The maximum Gasteiger partial charge on any atom is 0.160 e. The SMILES string of the molecule is O=S(=O)(Cc1ccccc1)Cc1ccc2ccccc2n1. The van der Waals surface area contributed by atoms with Gasteiger partial charge in [-0.3, -0.25) is 4.98 Å². The van der Waals surface area contributed by atoms with Gasteiger partial charge in [0.05, 0.1) is 22.7 Å². The highest BCUT2D eigenvalue weighted by molar-refractivity contribution is 7.89. The summed E-state index contributed by atoms with van der Waals surface area (Å²) in [6.45, 7) is 0. The highest BCUT2D eigenvalue weighted by atomic mass is 32.2. The molecule has 0 spiro atoms. The van der Waals surface area contributed by atoms with Crippen molar-refractivity contribution in [3.63, 3.8) is 0 Å². The van der Waals surface area contributed by atoms with Crippen LogP contribution in [0.4, 0.5) is 0 Å². The zero-order chi connectivity index (χ0) is 14.7.